The van der Waals surface area contributed by atoms with Crippen LogP contribution in [0.25, 0.3) is 11.3 Å². The molecule has 1 N–H and O–H groups in total. The van der Waals surface area contributed by atoms with Crippen LogP contribution in [0.4, 0.5) is 10.5 Å². The average Bonchev–Trinajstić information content (AvgIpc) is 2.64. The Kier molecular flexibility index (Phi) is 4.64. The predicted molar refractivity (Wildman–Crippen MR) is 102 cm³/mol. The van der Waals surface area contributed by atoms with Crippen molar-refractivity contribution < 1.29 is 9.53 Å². The van der Waals surface area contributed by atoms with E-state index in [0.717, 1.165) is 48.4 Å². The van der Waals surface area contributed by atoms with Crippen LogP contribution < -0.4 is 5.32 Å². The molecule has 2 aromatic rings. The third-order valence-corrected chi connectivity index (χ3v) is 5.47. The highest BCUT2D eigenvalue weighted by atomic mass is 16.5. The lowest BCUT2D eigenvalue weighted by Crippen LogP contribution is -2.65. The first-order valence-electron chi connectivity index (χ1n) is 9.38. The molecule has 1 aliphatic carbocycles. The second-order valence-corrected chi connectivity index (χ2v) is 7.17. The summed E-state index contributed by atoms with van der Waals surface area (Å²) in [5.41, 5.74) is 3.92. The van der Waals surface area contributed by atoms with Crippen LogP contribution in [-0.4, -0.2) is 40.7 Å². The van der Waals surface area contributed by atoms with Crippen molar-refractivity contribution in [2.24, 2.45) is 0 Å². The zero-order chi connectivity index (χ0) is 18.1. The molecule has 3 atom stereocenters. The van der Waals surface area contributed by atoms with Gasteiger partial charge in [0.2, 0.25) is 0 Å². The van der Waals surface area contributed by atoms with Gasteiger partial charge in [-0.15, -0.1) is 0 Å². The Labute approximate surface area is 154 Å². The predicted octanol–water partition coefficient (Wildman–Crippen LogP) is 4.23. The third-order valence-electron chi connectivity index (χ3n) is 5.47. The highest BCUT2D eigenvalue weighted by Gasteiger charge is 2.48. The van der Waals surface area contributed by atoms with Crippen LogP contribution in [-0.2, 0) is 4.74 Å². The fourth-order valence-electron chi connectivity index (χ4n) is 4.21. The molecule has 5 rings (SSSR count). The Hall–Kier alpha value is -2.40. The number of rotatable bonds is 4. The highest BCUT2D eigenvalue weighted by Crippen LogP contribution is 2.40. The SMILES string of the molecule is CCO[C@H]1CC2C[C@@H](C1)N2C(=O)Nc1ccc(C)c(-c2ccccn2)c1. The maximum absolute atomic E-state index is 12.8. The summed E-state index contributed by atoms with van der Waals surface area (Å²) < 4.78 is 5.74. The van der Waals surface area contributed by atoms with Crippen molar-refractivity contribution in [3.63, 3.8) is 0 Å². The molecule has 2 amide bonds. The van der Waals surface area contributed by atoms with Crippen molar-refractivity contribution in [1.82, 2.24) is 9.88 Å². The first kappa shape index (κ1) is 17.0. The molecular formula is C21H25N3O2. The molecule has 3 fully saturated rings. The molecule has 5 nitrogen and oxygen atoms in total. The topological polar surface area (TPSA) is 54.5 Å². The molecule has 2 bridgehead atoms. The Morgan fingerprint density at radius 2 is 2.04 bits per heavy atom. The highest BCUT2D eigenvalue weighted by molar-refractivity contribution is 5.91. The molecule has 1 unspecified atom stereocenters. The van der Waals surface area contributed by atoms with Gasteiger partial charge in [0.15, 0.2) is 0 Å². The van der Waals surface area contributed by atoms with E-state index >= 15 is 0 Å². The number of aromatic nitrogens is 1. The fourth-order valence-corrected chi connectivity index (χ4v) is 4.21. The second-order valence-electron chi connectivity index (χ2n) is 7.17. The van der Waals surface area contributed by atoms with E-state index in [0.29, 0.717) is 18.2 Å². The summed E-state index contributed by atoms with van der Waals surface area (Å²) >= 11 is 0. The lowest BCUT2D eigenvalue weighted by atomic mass is 9.78. The molecule has 1 aromatic carbocycles. The first-order chi connectivity index (χ1) is 12.7. The van der Waals surface area contributed by atoms with Crippen LogP contribution in [0.15, 0.2) is 42.6 Å². The lowest BCUT2D eigenvalue weighted by molar-refractivity contribution is -0.0753. The molecule has 0 radical (unpaired) electrons. The first-order valence-corrected chi connectivity index (χ1v) is 9.38. The standard InChI is InChI=1S/C21H25N3O2/c1-3-26-18-12-16-11-17(13-18)24(16)21(25)23-15-8-7-14(2)19(10-15)20-6-4-5-9-22-20/h4-10,16-18H,3,11-13H2,1-2H3,(H,23,25)/t16-,17?,18+/m0/s1. The van der Waals surface area contributed by atoms with Gasteiger partial charge in [-0.2, -0.15) is 0 Å². The summed E-state index contributed by atoms with van der Waals surface area (Å²) in [5, 5.41) is 3.08. The van der Waals surface area contributed by atoms with Gasteiger partial charge in [0.25, 0.3) is 0 Å². The quantitative estimate of drug-likeness (QED) is 0.897. The van der Waals surface area contributed by atoms with Crippen molar-refractivity contribution in [3.05, 3.63) is 48.2 Å². The lowest BCUT2D eigenvalue weighted by Gasteiger charge is -2.54. The van der Waals surface area contributed by atoms with Gasteiger partial charge >= 0.3 is 6.03 Å². The van der Waals surface area contributed by atoms with Gasteiger partial charge in [0.05, 0.1) is 11.8 Å². The van der Waals surface area contributed by atoms with Crippen molar-refractivity contribution in [3.8, 4) is 11.3 Å². The van der Waals surface area contributed by atoms with Crippen LogP contribution in [0.5, 0.6) is 0 Å². The van der Waals surface area contributed by atoms with E-state index in [1.54, 1.807) is 6.20 Å². The third kappa shape index (κ3) is 3.19. The number of aryl methyl sites for hydroxylation is 1. The minimum Gasteiger partial charge on any atom is -0.378 e. The molecule has 3 heterocycles. The van der Waals surface area contributed by atoms with E-state index < -0.39 is 0 Å². The number of nitrogens with one attached hydrogen (secondary N) is 1. The Bertz CT molecular complexity index is 781. The number of benzene rings is 1. The molecule has 1 saturated carbocycles. The Balaban J connectivity index is 1.46. The summed E-state index contributed by atoms with van der Waals surface area (Å²) in [4.78, 5) is 19.2. The number of urea groups is 1. The minimum atomic E-state index is -0.00276. The number of carbonyl (C=O) groups excluding carboxylic acids is 1. The molecule has 26 heavy (non-hydrogen) atoms. The minimum absolute atomic E-state index is 0.00276. The number of nitrogens with zero attached hydrogens (tertiary/aromatic N) is 2. The van der Waals surface area contributed by atoms with Gasteiger partial charge in [-0.05, 0) is 62.9 Å². The number of anilines is 1. The summed E-state index contributed by atoms with van der Waals surface area (Å²) in [6, 6.07) is 12.5. The van der Waals surface area contributed by atoms with Crippen LogP contribution >= 0.6 is 0 Å². The Morgan fingerprint density at radius 1 is 1.23 bits per heavy atom. The van der Waals surface area contributed by atoms with E-state index in [1.807, 2.05) is 48.2 Å². The number of pyridine rings is 1. The second kappa shape index (κ2) is 7.08. The fraction of sp³-hybridized carbons (Fsp3) is 0.429. The molecular weight excluding hydrogens is 326 g/mol. The maximum atomic E-state index is 12.8. The smallest absolute Gasteiger partial charge is 0.322 e. The number of hydrogen-bond donors (Lipinski definition) is 1. The van der Waals surface area contributed by atoms with E-state index in [1.165, 1.54) is 0 Å². The van der Waals surface area contributed by atoms with E-state index in [9.17, 15) is 4.79 Å². The zero-order valence-electron chi connectivity index (χ0n) is 15.3. The van der Waals surface area contributed by atoms with Crippen molar-refractivity contribution in [2.75, 3.05) is 11.9 Å². The summed E-state index contributed by atoms with van der Waals surface area (Å²) in [6.45, 7) is 4.83. The van der Waals surface area contributed by atoms with Crippen molar-refractivity contribution >= 4 is 11.7 Å². The summed E-state index contributed by atoms with van der Waals surface area (Å²) in [7, 11) is 0. The van der Waals surface area contributed by atoms with E-state index in [2.05, 4.69) is 17.2 Å². The molecule has 0 spiro atoms. The monoisotopic (exact) mass is 351 g/mol. The Morgan fingerprint density at radius 3 is 2.73 bits per heavy atom. The van der Waals surface area contributed by atoms with Crippen LogP contribution in [0.1, 0.15) is 31.7 Å². The van der Waals surface area contributed by atoms with Gasteiger partial charge in [-0.1, -0.05) is 12.1 Å². The number of piperidine rings is 1. The normalized spacial score (nSPS) is 24.1. The van der Waals surface area contributed by atoms with Gasteiger partial charge in [0.1, 0.15) is 0 Å². The zero-order valence-corrected chi connectivity index (χ0v) is 15.3. The molecule has 2 aliphatic heterocycles. The van der Waals surface area contributed by atoms with Gasteiger partial charge < -0.3 is 15.0 Å². The molecule has 3 aliphatic rings. The summed E-state index contributed by atoms with van der Waals surface area (Å²) in [5.74, 6) is 0. The van der Waals surface area contributed by atoms with Crippen molar-refractivity contribution in [2.45, 2.75) is 51.3 Å². The molecule has 2 saturated heterocycles. The molecule has 136 valence electrons. The molecule has 5 heteroatoms. The maximum Gasteiger partial charge on any atom is 0.322 e. The summed E-state index contributed by atoms with van der Waals surface area (Å²) in [6.07, 6.45) is 5.10. The van der Waals surface area contributed by atoms with Crippen LogP contribution in [0, 0.1) is 6.92 Å². The number of hydrogen-bond acceptors (Lipinski definition) is 3. The van der Waals surface area contributed by atoms with Gasteiger partial charge in [0, 0.05) is 36.1 Å². The van der Waals surface area contributed by atoms with Crippen molar-refractivity contribution in [1.29, 1.82) is 0 Å². The number of carbonyl (C=O) groups is 1. The number of amides is 2. The number of ether oxygens (including phenoxy) is 1. The largest absolute Gasteiger partial charge is 0.378 e. The van der Waals surface area contributed by atoms with Gasteiger partial charge in [-0.3, -0.25) is 4.98 Å². The van der Waals surface area contributed by atoms with E-state index in [4.69, 9.17) is 4.74 Å². The van der Waals surface area contributed by atoms with Crippen LogP contribution in [0.3, 0.4) is 0 Å². The van der Waals surface area contributed by atoms with Crippen LogP contribution in [0.2, 0.25) is 0 Å². The molecule has 1 aromatic heterocycles. The average molecular weight is 351 g/mol. The van der Waals surface area contributed by atoms with E-state index in [-0.39, 0.29) is 6.03 Å². The van der Waals surface area contributed by atoms with Gasteiger partial charge in [-0.25, -0.2) is 4.79 Å². The number of fused-ring (bicyclic) bond motifs is 2.